The van der Waals surface area contributed by atoms with Crippen LogP contribution in [0.25, 0.3) is 10.8 Å². The van der Waals surface area contributed by atoms with E-state index in [0.29, 0.717) is 11.2 Å². The minimum atomic E-state index is 0.467. The van der Waals surface area contributed by atoms with Crippen LogP contribution in [0.2, 0.25) is 5.15 Å². The Morgan fingerprint density at radius 2 is 1.90 bits per heavy atom. The number of fused-ring (bicyclic) bond motifs is 1. The third-order valence-corrected chi connectivity index (χ3v) is 4.39. The first-order chi connectivity index (χ1) is 10.3. The van der Waals surface area contributed by atoms with Gasteiger partial charge in [0.1, 0.15) is 0 Å². The van der Waals surface area contributed by atoms with E-state index in [1.807, 2.05) is 24.3 Å². The van der Waals surface area contributed by atoms with Gasteiger partial charge in [-0.1, -0.05) is 42.8 Å². The summed E-state index contributed by atoms with van der Waals surface area (Å²) < 4.78 is 0. The molecule has 1 aliphatic heterocycles. The molecule has 2 aromatic rings. The standard InChI is InChI=1S/C16H21ClN4/c1-2-9-21-10-7-12(8-11-21)18-16-14-6-4-3-5-13(14)15(17)19-20-16/h3-6,12H,2,7-11H2,1H3,(H,18,20). The molecule has 1 N–H and O–H groups in total. The maximum atomic E-state index is 6.12. The Morgan fingerprint density at radius 3 is 2.62 bits per heavy atom. The van der Waals surface area contributed by atoms with Gasteiger partial charge < -0.3 is 10.2 Å². The number of likely N-dealkylation sites (tertiary alicyclic amines) is 1. The molecule has 0 saturated carbocycles. The van der Waals surface area contributed by atoms with Crippen LogP contribution >= 0.6 is 11.6 Å². The van der Waals surface area contributed by atoms with Gasteiger partial charge in [-0.25, -0.2) is 0 Å². The maximum Gasteiger partial charge on any atom is 0.159 e. The molecule has 0 unspecified atom stereocenters. The Bertz CT molecular complexity index is 608. The number of nitrogens with one attached hydrogen (secondary N) is 1. The Kier molecular flexibility index (Phi) is 4.56. The van der Waals surface area contributed by atoms with Crippen LogP contribution in [-0.4, -0.2) is 40.8 Å². The normalized spacial score (nSPS) is 17.2. The van der Waals surface area contributed by atoms with E-state index in [9.17, 15) is 0 Å². The maximum absolute atomic E-state index is 6.12. The van der Waals surface area contributed by atoms with E-state index in [2.05, 4.69) is 27.3 Å². The van der Waals surface area contributed by atoms with Crippen molar-refractivity contribution in [2.45, 2.75) is 32.2 Å². The van der Waals surface area contributed by atoms with Crippen LogP contribution in [0.1, 0.15) is 26.2 Å². The molecule has 1 saturated heterocycles. The second-order valence-electron chi connectivity index (χ2n) is 5.65. The highest BCUT2D eigenvalue weighted by molar-refractivity contribution is 6.34. The molecule has 1 aromatic carbocycles. The molecular formula is C16H21ClN4. The first-order valence-corrected chi connectivity index (χ1v) is 8.05. The molecule has 4 nitrogen and oxygen atoms in total. The van der Waals surface area contributed by atoms with Crippen LogP contribution in [0.4, 0.5) is 5.82 Å². The summed E-state index contributed by atoms with van der Waals surface area (Å²) in [5, 5.41) is 14.3. The van der Waals surface area contributed by atoms with Crippen LogP contribution in [0, 0.1) is 0 Å². The Balaban J connectivity index is 1.73. The average Bonchev–Trinajstić information content (AvgIpc) is 2.52. The molecule has 0 amide bonds. The molecule has 5 heteroatoms. The fourth-order valence-electron chi connectivity index (χ4n) is 2.99. The Hall–Kier alpha value is -1.39. The minimum Gasteiger partial charge on any atom is -0.365 e. The SMILES string of the molecule is CCCN1CCC(Nc2nnc(Cl)c3ccccc23)CC1. The smallest absolute Gasteiger partial charge is 0.159 e. The van der Waals surface area contributed by atoms with E-state index in [1.54, 1.807) is 0 Å². The highest BCUT2D eigenvalue weighted by Gasteiger charge is 2.19. The minimum absolute atomic E-state index is 0.467. The van der Waals surface area contributed by atoms with Gasteiger partial charge in [-0.2, -0.15) is 0 Å². The van der Waals surface area contributed by atoms with Gasteiger partial charge in [-0.3, -0.25) is 0 Å². The molecule has 3 rings (SSSR count). The van der Waals surface area contributed by atoms with Crippen LogP contribution in [0.3, 0.4) is 0 Å². The summed E-state index contributed by atoms with van der Waals surface area (Å²) in [7, 11) is 0. The average molecular weight is 305 g/mol. The lowest BCUT2D eigenvalue weighted by molar-refractivity contribution is 0.219. The fraction of sp³-hybridized carbons (Fsp3) is 0.500. The number of benzene rings is 1. The summed E-state index contributed by atoms with van der Waals surface area (Å²) in [4.78, 5) is 2.53. The Morgan fingerprint density at radius 1 is 1.19 bits per heavy atom. The van der Waals surface area contributed by atoms with Crippen molar-refractivity contribution < 1.29 is 0 Å². The fourth-order valence-corrected chi connectivity index (χ4v) is 3.19. The van der Waals surface area contributed by atoms with E-state index in [1.165, 1.54) is 13.0 Å². The van der Waals surface area contributed by atoms with Crippen LogP contribution in [-0.2, 0) is 0 Å². The first-order valence-electron chi connectivity index (χ1n) is 7.67. The van der Waals surface area contributed by atoms with Crippen LogP contribution in [0.15, 0.2) is 24.3 Å². The second-order valence-corrected chi connectivity index (χ2v) is 6.00. The predicted octanol–water partition coefficient (Wildman–Crippen LogP) is 3.57. The first kappa shape index (κ1) is 14.5. The number of anilines is 1. The highest BCUT2D eigenvalue weighted by atomic mass is 35.5. The lowest BCUT2D eigenvalue weighted by atomic mass is 10.0. The van der Waals surface area contributed by atoms with Gasteiger partial charge in [0.2, 0.25) is 0 Å². The molecular weight excluding hydrogens is 284 g/mol. The number of halogens is 1. The molecule has 21 heavy (non-hydrogen) atoms. The lowest BCUT2D eigenvalue weighted by Crippen LogP contribution is -2.39. The van der Waals surface area contributed by atoms with Crippen molar-refractivity contribution >= 4 is 28.2 Å². The van der Waals surface area contributed by atoms with Crippen molar-refractivity contribution in [3.05, 3.63) is 29.4 Å². The van der Waals surface area contributed by atoms with Crippen molar-refractivity contribution in [1.29, 1.82) is 0 Å². The Labute approximate surface area is 130 Å². The highest BCUT2D eigenvalue weighted by Crippen LogP contribution is 2.27. The summed E-state index contributed by atoms with van der Waals surface area (Å²) in [6.45, 7) is 5.76. The van der Waals surface area contributed by atoms with E-state index in [4.69, 9.17) is 11.6 Å². The van der Waals surface area contributed by atoms with Crippen molar-refractivity contribution in [3.8, 4) is 0 Å². The zero-order valence-corrected chi connectivity index (χ0v) is 13.1. The monoisotopic (exact) mass is 304 g/mol. The summed E-state index contributed by atoms with van der Waals surface area (Å²) >= 11 is 6.12. The van der Waals surface area contributed by atoms with E-state index in [-0.39, 0.29) is 0 Å². The molecule has 112 valence electrons. The number of hydrogen-bond donors (Lipinski definition) is 1. The molecule has 0 spiro atoms. The molecule has 2 heterocycles. The largest absolute Gasteiger partial charge is 0.365 e. The summed E-state index contributed by atoms with van der Waals surface area (Å²) in [5.41, 5.74) is 0. The molecule has 0 radical (unpaired) electrons. The van der Waals surface area contributed by atoms with E-state index >= 15 is 0 Å². The number of hydrogen-bond acceptors (Lipinski definition) is 4. The van der Waals surface area contributed by atoms with Gasteiger partial charge >= 0.3 is 0 Å². The van der Waals surface area contributed by atoms with Gasteiger partial charge in [-0.05, 0) is 25.8 Å². The molecule has 0 atom stereocenters. The number of aromatic nitrogens is 2. The molecule has 0 aliphatic carbocycles. The van der Waals surface area contributed by atoms with Gasteiger partial charge in [-0.15, -0.1) is 10.2 Å². The second kappa shape index (κ2) is 6.58. The van der Waals surface area contributed by atoms with Gasteiger partial charge in [0.05, 0.1) is 0 Å². The zero-order valence-electron chi connectivity index (χ0n) is 12.3. The third kappa shape index (κ3) is 3.27. The van der Waals surface area contributed by atoms with Crippen molar-refractivity contribution in [2.75, 3.05) is 25.0 Å². The zero-order chi connectivity index (χ0) is 14.7. The molecule has 0 bridgehead atoms. The van der Waals surface area contributed by atoms with Crippen molar-refractivity contribution in [2.24, 2.45) is 0 Å². The van der Waals surface area contributed by atoms with Gasteiger partial charge in [0.25, 0.3) is 0 Å². The lowest BCUT2D eigenvalue weighted by Gasteiger charge is -2.32. The predicted molar refractivity (Wildman–Crippen MR) is 87.9 cm³/mol. The van der Waals surface area contributed by atoms with Crippen molar-refractivity contribution in [3.63, 3.8) is 0 Å². The number of rotatable bonds is 4. The quantitative estimate of drug-likeness (QED) is 0.937. The summed E-state index contributed by atoms with van der Waals surface area (Å²) in [6.07, 6.45) is 3.53. The van der Waals surface area contributed by atoms with Crippen LogP contribution in [0.5, 0.6) is 0 Å². The third-order valence-electron chi connectivity index (χ3n) is 4.11. The van der Waals surface area contributed by atoms with E-state index in [0.717, 1.165) is 42.5 Å². The van der Waals surface area contributed by atoms with Gasteiger partial charge in [0.15, 0.2) is 11.0 Å². The molecule has 1 aliphatic rings. The molecule has 1 aromatic heterocycles. The number of nitrogens with zero attached hydrogens (tertiary/aromatic N) is 3. The van der Waals surface area contributed by atoms with Crippen LogP contribution < -0.4 is 5.32 Å². The topological polar surface area (TPSA) is 41.0 Å². The van der Waals surface area contributed by atoms with Crippen molar-refractivity contribution in [1.82, 2.24) is 15.1 Å². The van der Waals surface area contributed by atoms with E-state index < -0.39 is 0 Å². The number of piperidine rings is 1. The summed E-state index contributed by atoms with van der Waals surface area (Å²) in [6, 6.07) is 8.49. The summed E-state index contributed by atoms with van der Waals surface area (Å²) in [5.74, 6) is 0.851. The van der Waals surface area contributed by atoms with Gasteiger partial charge in [0, 0.05) is 29.9 Å². The molecule has 1 fully saturated rings.